The summed E-state index contributed by atoms with van der Waals surface area (Å²) in [5.41, 5.74) is 8.33. The molecule has 1 atom stereocenters. The zero-order valence-electron chi connectivity index (χ0n) is 15.2. The van der Waals surface area contributed by atoms with E-state index in [1.807, 2.05) is 42.5 Å². The monoisotopic (exact) mass is 374 g/mol. The molecule has 0 amide bonds. The molecule has 0 saturated carbocycles. The van der Waals surface area contributed by atoms with E-state index in [1.54, 1.807) is 6.92 Å². The Balaban J connectivity index is 1.86. The largest absolute Gasteiger partial charge is 0.466 e. The average molecular weight is 374 g/mol. The lowest BCUT2D eigenvalue weighted by Gasteiger charge is -2.24. The fraction of sp³-hybridized carbons (Fsp3) is 0.190. The number of ether oxygens (including phenoxy) is 2. The van der Waals surface area contributed by atoms with Crippen molar-refractivity contribution < 1.29 is 14.3 Å². The van der Waals surface area contributed by atoms with Gasteiger partial charge in [-0.1, -0.05) is 42.5 Å². The van der Waals surface area contributed by atoms with Crippen LogP contribution in [-0.2, 0) is 16.0 Å². The maximum absolute atomic E-state index is 12.0. The normalized spacial score (nSPS) is 15.6. The van der Waals surface area contributed by atoms with Gasteiger partial charge in [-0.3, -0.25) is 9.89 Å². The topological polar surface area (TPSA) is 114 Å². The highest BCUT2D eigenvalue weighted by Gasteiger charge is 2.35. The van der Waals surface area contributed by atoms with Crippen molar-refractivity contribution >= 4 is 16.7 Å². The van der Waals surface area contributed by atoms with Gasteiger partial charge in [-0.15, -0.1) is 5.10 Å². The summed E-state index contributed by atoms with van der Waals surface area (Å²) >= 11 is 0. The molecule has 7 nitrogen and oxygen atoms in total. The molecule has 4 rings (SSSR count). The Labute approximate surface area is 161 Å². The summed E-state index contributed by atoms with van der Waals surface area (Å²) in [5, 5.41) is 18.9. The van der Waals surface area contributed by atoms with Crippen molar-refractivity contribution in [3.63, 3.8) is 0 Å². The van der Waals surface area contributed by atoms with Gasteiger partial charge >= 0.3 is 5.97 Å². The fourth-order valence-corrected chi connectivity index (χ4v) is 3.52. The molecule has 0 aliphatic carbocycles. The first kappa shape index (κ1) is 17.6. The first-order chi connectivity index (χ1) is 13.6. The molecular formula is C21H18N4O3. The number of H-pyrrole nitrogens is 1. The second-order valence-corrected chi connectivity index (χ2v) is 6.43. The summed E-state index contributed by atoms with van der Waals surface area (Å²) in [7, 11) is 0. The third-order valence-corrected chi connectivity index (χ3v) is 4.75. The third-order valence-electron chi connectivity index (χ3n) is 4.75. The van der Waals surface area contributed by atoms with Gasteiger partial charge in [-0.25, -0.2) is 0 Å². The number of hydrogen-bond acceptors (Lipinski definition) is 6. The fourth-order valence-electron chi connectivity index (χ4n) is 3.52. The van der Waals surface area contributed by atoms with Gasteiger partial charge in [0.25, 0.3) is 0 Å². The van der Waals surface area contributed by atoms with Crippen LogP contribution < -0.4 is 10.5 Å². The Bertz CT molecular complexity index is 1140. The Morgan fingerprint density at radius 3 is 2.86 bits per heavy atom. The second kappa shape index (κ2) is 7.08. The predicted molar refractivity (Wildman–Crippen MR) is 102 cm³/mol. The van der Waals surface area contributed by atoms with Crippen LogP contribution in [0.15, 0.2) is 53.9 Å². The standard InChI is InChI=1S/C21H18N4O3/c1-2-27-17(26)10-16-19-18(15(11-22)20(23)28-21(19)25-24-16)14-8-7-12-5-3-4-6-13(12)9-14/h3-9,18H,2,10,23H2,1H3,(H,24,25). The smallest absolute Gasteiger partial charge is 0.311 e. The Morgan fingerprint density at radius 2 is 2.11 bits per heavy atom. The van der Waals surface area contributed by atoms with E-state index in [-0.39, 0.29) is 36.3 Å². The van der Waals surface area contributed by atoms with Gasteiger partial charge in [0.2, 0.25) is 11.8 Å². The van der Waals surface area contributed by atoms with Crippen molar-refractivity contribution in [2.75, 3.05) is 6.61 Å². The molecule has 2 aromatic carbocycles. The van der Waals surface area contributed by atoms with E-state index in [1.165, 1.54) is 0 Å². The maximum atomic E-state index is 12.0. The molecule has 0 saturated heterocycles. The molecule has 1 aromatic heterocycles. The molecule has 0 fully saturated rings. The van der Waals surface area contributed by atoms with Gasteiger partial charge in [-0.05, 0) is 23.3 Å². The highest BCUT2D eigenvalue weighted by atomic mass is 16.5. The summed E-state index contributed by atoms with van der Waals surface area (Å²) in [6.45, 7) is 2.04. The van der Waals surface area contributed by atoms with E-state index in [9.17, 15) is 10.1 Å². The van der Waals surface area contributed by atoms with Crippen molar-refractivity contribution in [3.8, 4) is 11.9 Å². The van der Waals surface area contributed by atoms with Gasteiger partial charge in [0.05, 0.1) is 30.2 Å². The SMILES string of the molecule is CCOC(=O)Cc1[nH]nc2c1C(c1ccc3ccccc3c1)C(C#N)=C(N)O2. The molecule has 0 radical (unpaired) electrons. The molecule has 7 heteroatoms. The molecule has 0 spiro atoms. The van der Waals surface area contributed by atoms with Crippen LogP contribution in [0.1, 0.15) is 29.7 Å². The predicted octanol–water partition coefficient (Wildman–Crippen LogP) is 2.89. The minimum Gasteiger partial charge on any atom is -0.466 e. The molecular weight excluding hydrogens is 356 g/mol. The Kier molecular flexibility index (Phi) is 4.45. The molecule has 0 bridgehead atoms. The number of nitrogens with two attached hydrogens (primary N) is 1. The molecule has 3 aromatic rings. The summed E-state index contributed by atoms with van der Waals surface area (Å²) in [6, 6.07) is 16.1. The third kappa shape index (κ3) is 2.95. The quantitative estimate of drug-likeness (QED) is 0.679. The van der Waals surface area contributed by atoms with Crippen molar-refractivity contribution in [1.82, 2.24) is 10.2 Å². The van der Waals surface area contributed by atoms with Crippen molar-refractivity contribution in [2.24, 2.45) is 5.73 Å². The van der Waals surface area contributed by atoms with Crippen LogP contribution in [0.3, 0.4) is 0 Å². The van der Waals surface area contributed by atoms with Gasteiger partial charge in [-0.2, -0.15) is 5.26 Å². The van der Waals surface area contributed by atoms with E-state index in [0.29, 0.717) is 11.3 Å². The minimum atomic E-state index is -0.485. The van der Waals surface area contributed by atoms with Crippen LogP contribution in [0.2, 0.25) is 0 Å². The molecule has 2 heterocycles. The molecule has 1 aliphatic rings. The summed E-state index contributed by atoms with van der Waals surface area (Å²) in [4.78, 5) is 12.0. The summed E-state index contributed by atoms with van der Waals surface area (Å²) < 4.78 is 10.6. The van der Waals surface area contributed by atoms with Crippen LogP contribution in [0.25, 0.3) is 10.8 Å². The van der Waals surface area contributed by atoms with Crippen LogP contribution in [0.4, 0.5) is 0 Å². The molecule has 1 unspecified atom stereocenters. The lowest BCUT2D eigenvalue weighted by atomic mass is 9.83. The first-order valence-corrected chi connectivity index (χ1v) is 8.91. The van der Waals surface area contributed by atoms with Crippen LogP contribution in [-0.4, -0.2) is 22.8 Å². The highest BCUT2D eigenvalue weighted by molar-refractivity contribution is 5.83. The zero-order valence-corrected chi connectivity index (χ0v) is 15.2. The van der Waals surface area contributed by atoms with Crippen LogP contribution in [0.5, 0.6) is 5.88 Å². The highest BCUT2D eigenvalue weighted by Crippen LogP contribution is 2.43. The van der Waals surface area contributed by atoms with Crippen LogP contribution in [0, 0.1) is 11.3 Å². The van der Waals surface area contributed by atoms with Crippen molar-refractivity contribution in [1.29, 1.82) is 5.26 Å². The molecule has 3 N–H and O–H groups in total. The Morgan fingerprint density at radius 1 is 1.32 bits per heavy atom. The van der Waals surface area contributed by atoms with E-state index in [4.69, 9.17) is 15.2 Å². The van der Waals surface area contributed by atoms with Crippen molar-refractivity contribution in [3.05, 3.63) is 70.7 Å². The number of nitrogens with one attached hydrogen (secondary N) is 1. The number of hydrogen-bond donors (Lipinski definition) is 2. The second-order valence-electron chi connectivity index (χ2n) is 6.43. The minimum absolute atomic E-state index is 0.00221. The number of aromatic nitrogens is 2. The van der Waals surface area contributed by atoms with E-state index in [0.717, 1.165) is 16.3 Å². The first-order valence-electron chi connectivity index (χ1n) is 8.91. The number of esters is 1. The van der Waals surface area contributed by atoms with Gasteiger partial charge in [0, 0.05) is 0 Å². The van der Waals surface area contributed by atoms with Gasteiger partial charge in [0.1, 0.15) is 11.6 Å². The average Bonchev–Trinajstić information content (AvgIpc) is 3.08. The van der Waals surface area contributed by atoms with Gasteiger partial charge < -0.3 is 15.2 Å². The summed E-state index contributed by atoms with van der Waals surface area (Å²) in [6.07, 6.45) is 0.00221. The molecule has 140 valence electrons. The number of benzene rings is 2. The zero-order chi connectivity index (χ0) is 19.7. The number of nitrogens with zero attached hydrogens (tertiary/aromatic N) is 2. The number of aromatic amines is 1. The number of fused-ring (bicyclic) bond motifs is 2. The lowest BCUT2D eigenvalue weighted by Crippen LogP contribution is -2.22. The number of carbonyl (C=O) groups excluding carboxylic acids is 1. The number of nitriles is 1. The Hall–Kier alpha value is -3.79. The van der Waals surface area contributed by atoms with E-state index < -0.39 is 5.92 Å². The van der Waals surface area contributed by atoms with E-state index >= 15 is 0 Å². The lowest BCUT2D eigenvalue weighted by molar-refractivity contribution is -0.142. The van der Waals surface area contributed by atoms with E-state index in [2.05, 4.69) is 16.3 Å². The number of allylic oxidation sites excluding steroid dienone is 1. The number of rotatable bonds is 4. The maximum Gasteiger partial charge on any atom is 0.311 e. The number of carbonyl (C=O) groups is 1. The van der Waals surface area contributed by atoms with Crippen LogP contribution >= 0.6 is 0 Å². The molecule has 28 heavy (non-hydrogen) atoms. The van der Waals surface area contributed by atoms with Crippen molar-refractivity contribution in [2.45, 2.75) is 19.3 Å². The summed E-state index contributed by atoms with van der Waals surface area (Å²) in [5.74, 6) is -0.579. The van der Waals surface area contributed by atoms with Gasteiger partial charge in [0.15, 0.2) is 0 Å². The molecule has 1 aliphatic heterocycles.